The van der Waals surface area contributed by atoms with E-state index in [4.69, 9.17) is 23.2 Å². The topological polar surface area (TPSA) is 123 Å². The van der Waals surface area contributed by atoms with Crippen LogP contribution in [0, 0.1) is 0 Å². The number of halogens is 1. The van der Waals surface area contributed by atoms with Gasteiger partial charge in [0.15, 0.2) is 5.82 Å². The molecule has 0 saturated carbocycles. The van der Waals surface area contributed by atoms with Crippen LogP contribution in [0.2, 0.25) is 5.02 Å². The van der Waals surface area contributed by atoms with E-state index < -0.39 is 0 Å². The molecule has 0 aliphatic carbocycles. The fraction of sp³-hybridized carbons (Fsp3) is 0.0588. The van der Waals surface area contributed by atoms with Crippen LogP contribution >= 0.6 is 11.6 Å². The molecule has 0 fully saturated rings. The Kier molecular flexibility index (Phi) is 4.76. The minimum Gasteiger partial charge on any atom is -0.398 e. The Morgan fingerprint density at radius 1 is 1.12 bits per heavy atom. The molecule has 5 N–H and O–H groups in total. The Morgan fingerprint density at radius 2 is 1.84 bits per heavy atom. The average Bonchev–Trinajstić information content (AvgIpc) is 2.62. The van der Waals surface area contributed by atoms with Crippen LogP contribution in [0.5, 0.6) is 0 Å². The summed E-state index contributed by atoms with van der Waals surface area (Å²) in [5.74, 6) is 5.77. The first-order valence-electron chi connectivity index (χ1n) is 7.42. The summed E-state index contributed by atoms with van der Waals surface area (Å²) in [4.78, 5) is 15.0. The maximum atomic E-state index is 12.3. The quantitative estimate of drug-likeness (QED) is 0.286. The van der Waals surface area contributed by atoms with Crippen LogP contribution in [0.1, 0.15) is 11.3 Å². The molecule has 0 saturated heterocycles. The SMILES string of the molecule is N/N=C(\Cc1nnc(-c2ccccc2N)[nH]c1=O)c1ccc(Cl)cc1. The maximum Gasteiger partial charge on any atom is 0.273 e. The van der Waals surface area contributed by atoms with Gasteiger partial charge in [-0.1, -0.05) is 35.9 Å². The van der Waals surface area contributed by atoms with Gasteiger partial charge < -0.3 is 16.6 Å². The molecule has 0 aliphatic rings. The number of rotatable bonds is 4. The van der Waals surface area contributed by atoms with Crippen molar-refractivity contribution in [3.05, 3.63) is 75.2 Å². The lowest BCUT2D eigenvalue weighted by Crippen LogP contribution is -2.22. The summed E-state index contributed by atoms with van der Waals surface area (Å²) >= 11 is 5.87. The van der Waals surface area contributed by atoms with Crippen LogP contribution in [-0.4, -0.2) is 20.9 Å². The number of hydrazone groups is 1. The molecule has 0 radical (unpaired) electrons. The molecule has 0 bridgehead atoms. The zero-order valence-electron chi connectivity index (χ0n) is 13.1. The summed E-state index contributed by atoms with van der Waals surface area (Å²) < 4.78 is 0. The van der Waals surface area contributed by atoms with Crippen LogP contribution in [0.15, 0.2) is 58.4 Å². The minimum atomic E-state index is -0.372. The molecule has 25 heavy (non-hydrogen) atoms. The van der Waals surface area contributed by atoms with Gasteiger partial charge in [0.05, 0.1) is 5.71 Å². The highest BCUT2D eigenvalue weighted by Gasteiger charge is 2.13. The van der Waals surface area contributed by atoms with Gasteiger partial charge in [-0.05, 0) is 29.8 Å². The van der Waals surface area contributed by atoms with Crippen molar-refractivity contribution in [3.63, 3.8) is 0 Å². The van der Waals surface area contributed by atoms with Crippen molar-refractivity contribution in [2.75, 3.05) is 5.73 Å². The minimum absolute atomic E-state index is 0.144. The molecule has 7 nitrogen and oxygen atoms in total. The predicted octanol–water partition coefficient (Wildman–Crippen LogP) is 1.97. The van der Waals surface area contributed by atoms with E-state index in [-0.39, 0.29) is 17.7 Å². The Bertz CT molecular complexity index is 981. The average molecular weight is 355 g/mol. The number of nitrogens with zero attached hydrogens (tertiary/aromatic N) is 3. The van der Waals surface area contributed by atoms with E-state index >= 15 is 0 Å². The molecular weight excluding hydrogens is 340 g/mol. The molecular formula is C17H15ClN6O. The van der Waals surface area contributed by atoms with Crippen LogP contribution in [-0.2, 0) is 6.42 Å². The molecule has 3 aromatic rings. The standard InChI is InChI=1S/C17H15ClN6O/c18-11-7-5-10(6-8-11)14(22-20)9-15-17(25)21-16(24-23-15)12-3-1-2-4-13(12)19/h1-8H,9,19-20H2,(H,21,24,25)/b22-14+. The first-order chi connectivity index (χ1) is 12.1. The zero-order chi connectivity index (χ0) is 17.8. The van der Waals surface area contributed by atoms with Gasteiger partial charge in [-0.25, -0.2) is 0 Å². The number of aromatic nitrogens is 3. The van der Waals surface area contributed by atoms with Gasteiger partial charge in [0, 0.05) is 22.7 Å². The summed E-state index contributed by atoms with van der Waals surface area (Å²) in [5, 5.41) is 12.4. The number of H-pyrrole nitrogens is 1. The summed E-state index contributed by atoms with van der Waals surface area (Å²) in [6.45, 7) is 0. The molecule has 2 aromatic carbocycles. The highest BCUT2D eigenvalue weighted by Crippen LogP contribution is 2.20. The third kappa shape index (κ3) is 3.67. The Balaban J connectivity index is 1.90. The molecule has 8 heteroatoms. The third-order valence-electron chi connectivity index (χ3n) is 3.65. The van der Waals surface area contributed by atoms with E-state index in [9.17, 15) is 4.79 Å². The van der Waals surface area contributed by atoms with Crippen molar-refractivity contribution in [3.8, 4) is 11.4 Å². The molecule has 0 spiro atoms. The normalized spacial score (nSPS) is 11.5. The summed E-state index contributed by atoms with van der Waals surface area (Å²) in [5.41, 5.74) is 8.11. The number of anilines is 1. The lowest BCUT2D eigenvalue weighted by molar-refractivity contribution is 0.889. The van der Waals surface area contributed by atoms with Gasteiger partial charge in [0.25, 0.3) is 5.56 Å². The van der Waals surface area contributed by atoms with Crippen LogP contribution < -0.4 is 17.1 Å². The van der Waals surface area contributed by atoms with Crippen LogP contribution in [0.4, 0.5) is 5.69 Å². The molecule has 1 aromatic heterocycles. The summed E-state index contributed by atoms with van der Waals surface area (Å²) in [6, 6.07) is 14.1. The number of para-hydroxylation sites is 1. The Labute approximate surface area is 148 Å². The number of nitrogens with one attached hydrogen (secondary N) is 1. The fourth-order valence-electron chi connectivity index (χ4n) is 2.33. The van der Waals surface area contributed by atoms with Gasteiger partial charge in [-0.3, -0.25) is 4.79 Å². The van der Waals surface area contributed by atoms with Gasteiger partial charge in [0.1, 0.15) is 5.69 Å². The fourth-order valence-corrected chi connectivity index (χ4v) is 2.46. The van der Waals surface area contributed by atoms with Crippen molar-refractivity contribution in [1.29, 1.82) is 0 Å². The zero-order valence-corrected chi connectivity index (χ0v) is 13.9. The van der Waals surface area contributed by atoms with Gasteiger partial charge in [-0.15, -0.1) is 10.2 Å². The number of benzene rings is 2. The smallest absolute Gasteiger partial charge is 0.273 e. The van der Waals surface area contributed by atoms with Gasteiger partial charge in [0.2, 0.25) is 0 Å². The van der Waals surface area contributed by atoms with E-state index in [1.54, 1.807) is 48.5 Å². The Morgan fingerprint density at radius 3 is 2.48 bits per heavy atom. The second-order valence-corrected chi connectivity index (χ2v) is 5.73. The highest BCUT2D eigenvalue weighted by molar-refractivity contribution is 6.30. The summed E-state index contributed by atoms with van der Waals surface area (Å²) in [7, 11) is 0. The van der Waals surface area contributed by atoms with Crippen molar-refractivity contribution in [2.45, 2.75) is 6.42 Å². The van der Waals surface area contributed by atoms with E-state index in [0.717, 1.165) is 5.56 Å². The third-order valence-corrected chi connectivity index (χ3v) is 3.90. The molecule has 126 valence electrons. The van der Waals surface area contributed by atoms with Crippen LogP contribution in [0.3, 0.4) is 0 Å². The number of aromatic amines is 1. The summed E-state index contributed by atoms with van der Waals surface area (Å²) in [6.07, 6.45) is 0.144. The lowest BCUT2D eigenvalue weighted by atomic mass is 10.1. The number of nitrogens with two attached hydrogens (primary N) is 2. The maximum absolute atomic E-state index is 12.3. The van der Waals surface area contributed by atoms with E-state index in [1.165, 1.54) is 0 Å². The van der Waals surface area contributed by atoms with E-state index in [2.05, 4.69) is 20.3 Å². The molecule has 0 atom stereocenters. The second-order valence-electron chi connectivity index (χ2n) is 5.30. The monoisotopic (exact) mass is 354 g/mol. The largest absolute Gasteiger partial charge is 0.398 e. The van der Waals surface area contributed by atoms with Crippen molar-refractivity contribution >= 4 is 23.0 Å². The van der Waals surface area contributed by atoms with Crippen molar-refractivity contribution in [2.24, 2.45) is 10.9 Å². The number of hydrogen-bond acceptors (Lipinski definition) is 6. The second kappa shape index (κ2) is 7.14. The van der Waals surface area contributed by atoms with Gasteiger partial charge >= 0.3 is 0 Å². The number of nitrogen functional groups attached to an aromatic ring is 1. The molecule has 3 rings (SSSR count). The predicted molar refractivity (Wildman–Crippen MR) is 98.4 cm³/mol. The molecule has 0 unspecified atom stereocenters. The van der Waals surface area contributed by atoms with Crippen LogP contribution in [0.25, 0.3) is 11.4 Å². The highest BCUT2D eigenvalue weighted by atomic mass is 35.5. The van der Waals surface area contributed by atoms with Crippen molar-refractivity contribution < 1.29 is 0 Å². The van der Waals surface area contributed by atoms with Crippen molar-refractivity contribution in [1.82, 2.24) is 15.2 Å². The lowest BCUT2D eigenvalue weighted by Gasteiger charge is -2.06. The molecule has 0 amide bonds. The first kappa shape index (κ1) is 16.7. The molecule has 0 aliphatic heterocycles. The van der Waals surface area contributed by atoms with Gasteiger partial charge in [-0.2, -0.15) is 5.10 Å². The molecule has 1 heterocycles. The number of hydrogen-bond donors (Lipinski definition) is 3. The van der Waals surface area contributed by atoms with E-state index in [1.807, 2.05) is 0 Å². The first-order valence-corrected chi connectivity index (χ1v) is 7.79. The van der Waals surface area contributed by atoms with E-state index in [0.29, 0.717) is 27.8 Å². The Hall–Kier alpha value is -3.19.